The summed E-state index contributed by atoms with van der Waals surface area (Å²) in [6, 6.07) is 12.1. The average Bonchev–Trinajstić information content (AvgIpc) is 2.41. The molecule has 0 atom stereocenters. The van der Waals surface area contributed by atoms with Crippen molar-refractivity contribution < 1.29 is 4.79 Å². The summed E-state index contributed by atoms with van der Waals surface area (Å²) in [5.41, 5.74) is 7.25. The average molecular weight is 370 g/mol. The molecule has 20 heavy (non-hydrogen) atoms. The highest BCUT2D eigenvalue weighted by atomic mass is 79.9. The minimum atomic E-state index is -0.295. The maximum Gasteiger partial charge on any atom is 0.257 e. The molecule has 0 spiro atoms. The summed E-state index contributed by atoms with van der Waals surface area (Å²) in [6.45, 7) is 0. The van der Waals surface area contributed by atoms with Crippen LogP contribution in [0.15, 0.2) is 46.9 Å². The Bertz CT molecular complexity index is 691. The lowest BCUT2D eigenvalue weighted by Crippen LogP contribution is -2.14. The van der Waals surface area contributed by atoms with Gasteiger partial charge in [-0.25, -0.2) is 0 Å². The molecule has 0 aliphatic carbocycles. The molecule has 2 aromatic carbocycles. The SMILES string of the molecule is NC(=S)c1cccc(NC(=O)c2cc(Br)ccc2Cl)c1. The first-order valence-corrected chi connectivity index (χ1v) is 7.21. The zero-order chi connectivity index (χ0) is 14.7. The van der Waals surface area contributed by atoms with E-state index < -0.39 is 0 Å². The Hall–Kier alpha value is -1.43. The highest BCUT2D eigenvalue weighted by molar-refractivity contribution is 9.10. The van der Waals surface area contributed by atoms with Gasteiger partial charge in [-0.2, -0.15) is 0 Å². The molecule has 0 heterocycles. The second-order valence-corrected chi connectivity index (χ2v) is 5.79. The van der Waals surface area contributed by atoms with Crippen molar-refractivity contribution in [2.45, 2.75) is 0 Å². The molecule has 0 unspecified atom stereocenters. The van der Waals surface area contributed by atoms with Crippen molar-refractivity contribution in [3.63, 3.8) is 0 Å². The summed E-state index contributed by atoms with van der Waals surface area (Å²) >= 11 is 14.2. The molecule has 3 nitrogen and oxygen atoms in total. The van der Waals surface area contributed by atoms with E-state index in [0.717, 1.165) is 4.47 Å². The van der Waals surface area contributed by atoms with Crippen LogP contribution in [0.1, 0.15) is 15.9 Å². The molecule has 2 rings (SSSR count). The van der Waals surface area contributed by atoms with Crippen LogP contribution in [0.2, 0.25) is 5.02 Å². The van der Waals surface area contributed by atoms with Crippen molar-refractivity contribution in [1.29, 1.82) is 0 Å². The van der Waals surface area contributed by atoms with Gasteiger partial charge in [-0.1, -0.05) is 51.9 Å². The van der Waals surface area contributed by atoms with Crippen molar-refractivity contribution >= 4 is 56.3 Å². The van der Waals surface area contributed by atoms with E-state index in [4.69, 9.17) is 29.6 Å². The number of rotatable bonds is 3. The molecule has 0 bridgehead atoms. The number of nitrogens with one attached hydrogen (secondary N) is 1. The van der Waals surface area contributed by atoms with Crippen LogP contribution in [0.3, 0.4) is 0 Å². The summed E-state index contributed by atoms with van der Waals surface area (Å²) < 4.78 is 0.781. The third kappa shape index (κ3) is 3.56. The fraction of sp³-hybridized carbons (Fsp3) is 0. The zero-order valence-corrected chi connectivity index (χ0v) is 13.3. The molecule has 0 saturated heterocycles. The number of carbonyl (C=O) groups is 1. The maximum absolute atomic E-state index is 12.2. The van der Waals surface area contributed by atoms with Crippen LogP contribution in [0.5, 0.6) is 0 Å². The maximum atomic E-state index is 12.2. The smallest absolute Gasteiger partial charge is 0.257 e. The van der Waals surface area contributed by atoms with Gasteiger partial charge in [-0.15, -0.1) is 0 Å². The molecule has 3 N–H and O–H groups in total. The third-order valence-electron chi connectivity index (χ3n) is 2.58. The van der Waals surface area contributed by atoms with E-state index >= 15 is 0 Å². The van der Waals surface area contributed by atoms with Gasteiger partial charge < -0.3 is 11.1 Å². The number of thiocarbonyl (C=S) groups is 1. The lowest BCUT2D eigenvalue weighted by molar-refractivity contribution is 0.102. The first kappa shape index (κ1) is 15.0. The zero-order valence-electron chi connectivity index (χ0n) is 10.2. The highest BCUT2D eigenvalue weighted by Gasteiger charge is 2.11. The molecule has 6 heteroatoms. The first-order chi connectivity index (χ1) is 9.47. The van der Waals surface area contributed by atoms with E-state index in [9.17, 15) is 4.79 Å². The molecular weight excluding hydrogens is 360 g/mol. The van der Waals surface area contributed by atoms with Crippen LogP contribution >= 0.6 is 39.7 Å². The van der Waals surface area contributed by atoms with Crippen LogP contribution in [-0.2, 0) is 0 Å². The molecule has 0 aliphatic heterocycles. The van der Waals surface area contributed by atoms with Gasteiger partial charge in [0.05, 0.1) is 10.6 Å². The molecule has 0 aliphatic rings. The second kappa shape index (κ2) is 6.35. The first-order valence-electron chi connectivity index (χ1n) is 5.63. The number of nitrogens with two attached hydrogens (primary N) is 1. The van der Waals surface area contributed by atoms with Gasteiger partial charge in [0, 0.05) is 15.7 Å². The fourth-order valence-corrected chi connectivity index (χ4v) is 2.31. The predicted octanol–water partition coefficient (Wildman–Crippen LogP) is 3.99. The van der Waals surface area contributed by atoms with E-state index in [-0.39, 0.29) is 10.9 Å². The summed E-state index contributed by atoms with van der Waals surface area (Å²) in [5, 5.41) is 3.15. The van der Waals surface area contributed by atoms with E-state index in [0.29, 0.717) is 21.8 Å². The monoisotopic (exact) mass is 368 g/mol. The quantitative estimate of drug-likeness (QED) is 0.804. The molecule has 0 fully saturated rings. The molecule has 0 radical (unpaired) electrons. The van der Waals surface area contributed by atoms with E-state index in [1.807, 2.05) is 0 Å². The normalized spacial score (nSPS) is 10.1. The molecule has 2 aromatic rings. The van der Waals surface area contributed by atoms with Gasteiger partial charge in [0.2, 0.25) is 0 Å². The molecular formula is C14H10BrClN2OS. The van der Waals surface area contributed by atoms with Crippen molar-refractivity contribution in [1.82, 2.24) is 0 Å². The van der Waals surface area contributed by atoms with E-state index in [1.165, 1.54) is 0 Å². The Morgan fingerprint density at radius 1 is 1.25 bits per heavy atom. The second-order valence-electron chi connectivity index (χ2n) is 4.02. The fourth-order valence-electron chi connectivity index (χ4n) is 1.62. The van der Waals surface area contributed by atoms with E-state index in [2.05, 4.69) is 21.2 Å². The van der Waals surface area contributed by atoms with Gasteiger partial charge >= 0.3 is 0 Å². The number of hydrogen-bond donors (Lipinski definition) is 2. The lowest BCUT2D eigenvalue weighted by atomic mass is 10.1. The Balaban J connectivity index is 2.25. The van der Waals surface area contributed by atoms with Crippen LogP contribution in [0.25, 0.3) is 0 Å². The summed E-state index contributed by atoms with van der Waals surface area (Å²) in [6.07, 6.45) is 0. The van der Waals surface area contributed by atoms with Crippen LogP contribution in [-0.4, -0.2) is 10.9 Å². The molecule has 0 aromatic heterocycles. The van der Waals surface area contributed by atoms with Crippen molar-refractivity contribution in [2.24, 2.45) is 5.73 Å². The lowest BCUT2D eigenvalue weighted by Gasteiger charge is -2.08. The Labute approximate surface area is 135 Å². The van der Waals surface area contributed by atoms with Crippen LogP contribution < -0.4 is 11.1 Å². The summed E-state index contributed by atoms with van der Waals surface area (Å²) in [7, 11) is 0. The van der Waals surface area contributed by atoms with Crippen molar-refractivity contribution in [3.05, 3.63) is 63.1 Å². The Kier molecular flexibility index (Phi) is 4.75. The summed E-state index contributed by atoms with van der Waals surface area (Å²) in [5.74, 6) is -0.295. The predicted molar refractivity (Wildman–Crippen MR) is 89.4 cm³/mol. The Morgan fingerprint density at radius 2 is 2.00 bits per heavy atom. The van der Waals surface area contributed by atoms with Crippen molar-refractivity contribution in [2.75, 3.05) is 5.32 Å². The Morgan fingerprint density at radius 3 is 2.70 bits per heavy atom. The number of anilines is 1. The number of carbonyl (C=O) groups excluding carboxylic acids is 1. The number of amides is 1. The standard InChI is InChI=1S/C14H10BrClN2OS/c15-9-4-5-12(16)11(7-9)14(19)18-10-3-1-2-8(6-10)13(17)20/h1-7H,(H2,17,20)(H,18,19). The third-order valence-corrected chi connectivity index (χ3v) is 3.64. The molecule has 1 amide bonds. The topological polar surface area (TPSA) is 55.1 Å². The van der Waals surface area contributed by atoms with Crippen LogP contribution in [0, 0.1) is 0 Å². The molecule has 0 saturated carbocycles. The van der Waals surface area contributed by atoms with Gasteiger partial charge in [0.1, 0.15) is 4.99 Å². The molecule has 102 valence electrons. The van der Waals surface area contributed by atoms with Crippen LogP contribution in [0.4, 0.5) is 5.69 Å². The number of benzene rings is 2. The number of hydrogen-bond acceptors (Lipinski definition) is 2. The van der Waals surface area contributed by atoms with Crippen molar-refractivity contribution in [3.8, 4) is 0 Å². The minimum Gasteiger partial charge on any atom is -0.389 e. The van der Waals surface area contributed by atoms with Gasteiger partial charge in [-0.05, 0) is 30.3 Å². The highest BCUT2D eigenvalue weighted by Crippen LogP contribution is 2.22. The summed E-state index contributed by atoms with van der Waals surface area (Å²) in [4.78, 5) is 12.5. The minimum absolute atomic E-state index is 0.279. The van der Waals surface area contributed by atoms with Gasteiger partial charge in [-0.3, -0.25) is 4.79 Å². The van der Waals surface area contributed by atoms with E-state index in [1.54, 1.807) is 42.5 Å². The van der Waals surface area contributed by atoms with Gasteiger partial charge in [0.25, 0.3) is 5.91 Å². The number of halogens is 2. The largest absolute Gasteiger partial charge is 0.389 e. The van der Waals surface area contributed by atoms with Gasteiger partial charge in [0.15, 0.2) is 0 Å².